The maximum Gasteiger partial charge on any atom is 0.157 e. The van der Waals surface area contributed by atoms with Gasteiger partial charge in [-0.2, -0.15) is 9.61 Å². The Labute approximate surface area is 105 Å². The molecule has 0 aliphatic rings. The lowest BCUT2D eigenvalue weighted by atomic mass is 10.1. The summed E-state index contributed by atoms with van der Waals surface area (Å²) in [7, 11) is 0. The predicted octanol–water partition coefficient (Wildman–Crippen LogP) is 2.60. The average molecular weight is 238 g/mol. The van der Waals surface area contributed by atoms with Crippen molar-refractivity contribution in [1.82, 2.24) is 14.6 Å². The van der Waals surface area contributed by atoms with Crippen molar-refractivity contribution in [2.24, 2.45) is 0 Å². The van der Waals surface area contributed by atoms with E-state index in [0.29, 0.717) is 5.82 Å². The minimum atomic E-state index is 0.624. The van der Waals surface area contributed by atoms with Crippen LogP contribution in [0.1, 0.15) is 11.3 Å². The number of nitrogen functional groups attached to an aromatic ring is 1. The van der Waals surface area contributed by atoms with Gasteiger partial charge in [0.25, 0.3) is 0 Å². The normalized spacial score (nSPS) is 11.0. The molecule has 0 unspecified atom stereocenters. The Bertz CT molecular complexity index is 728. The number of aromatic nitrogens is 3. The zero-order valence-electron chi connectivity index (χ0n) is 10.4. The van der Waals surface area contributed by atoms with Gasteiger partial charge in [-0.3, -0.25) is 0 Å². The molecular formula is C14H14N4. The van der Waals surface area contributed by atoms with E-state index in [9.17, 15) is 0 Å². The molecule has 90 valence electrons. The van der Waals surface area contributed by atoms with Crippen molar-refractivity contribution in [1.29, 1.82) is 0 Å². The highest BCUT2D eigenvalue weighted by Crippen LogP contribution is 2.26. The number of hydrogen-bond donors (Lipinski definition) is 1. The van der Waals surface area contributed by atoms with E-state index in [0.717, 1.165) is 22.5 Å². The second-order valence-electron chi connectivity index (χ2n) is 4.48. The molecule has 2 heterocycles. The quantitative estimate of drug-likeness (QED) is 0.709. The topological polar surface area (TPSA) is 56.2 Å². The van der Waals surface area contributed by atoms with E-state index in [4.69, 9.17) is 5.73 Å². The first-order valence-corrected chi connectivity index (χ1v) is 5.83. The van der Waals surface area contributed by atoms with Gasteiger partial charge in [0.1, 0.15) is 5.82 Å². The van der Waals surface area contributed by atoms with Crippen LogP contribution in [0, 0.1) is 13.8 Å². The molecule has 0 aliphatic carbocycles. The van der Waals surface area contributed by atoms with Gasteiger partial charge in [-0.15, -0.1) is 0 Å². The van der Waals surface area contributed by atoms with Gasteiger partial charge in [-0.05, 0) is 19.4 Å². The smallest absolute Gasteiger partial charge is 0.157 e. The largest absolute Gasteiger partial charge is 0.383 e. The number of nitrogens with zero attached hydrogens (tertiary/aromatic N) is 3. The maximum atomic E-state index is 6.17. The van der Waals surface area contributed by atoms with Crippen LogP contribution in [0.25, 0.3) is 16.8 Å². The molecule has 0 aliphatic heterocycles. The Balaban J connectivity index is 2.26. The number of fused-ring (bicyclic) bond motifs is 1. The number of aryl methyl sites for hydroxylation is 2. The summed E-state index contributed by atoms with van der Waals surface area (Å²) in [5.41, 5.74) is 11.0. The molecule has 2 aromatic heterocycles. The van der Waals surface area contributed by atoms with Crippen LogP contribution in [-0.2, 0) is 0 Å². The molecule has 0 spiro atoms. The summed E-state index contributed by atoms with van der Waals surface area (Å²) in [4.78, 5) is 4.39. The highest BCUT2D eigenvalue weighted by molar-refractivity contribution is 5.75. The van der Waals surface area contributed by atoms with Gasteiger partial charge in [-0.1, -0.05) is 29.8 Å². The first kappa shape index (κ1) is 10.8. The number of anilines is 1. The summed E-state index contributed by atoms with van der Waals surface area (Å²) < 4.78 is 1.69. The van der Waals surface area contributed by atoms with E-state index in [-0.39, 0.29) is 0 Å². The van der Waals surface area contributed by atoms with Crippen LogP contribution in [0.5, 0.6) is 0 Å². The molecular weight excluding hydrogens is 224 g/mol. The van der Waals surface area contributed by atoms with Crippen LogP contribution >= 0.6 is 0 Å². The summed E-state index contributed by atoms with van der Waals surface area (Å²) in [6.45, 7) is 3.99. The molecule has 0 amide bonds. The molecule has 1 aromatic carbocycles. The van der Waals surface area contributed by atoms with Gasteiger partial charge >= 0.3 is 0 Å². The molecule has 4 heteroatoms. The van der Waals surface area contributed by atoms with Crippen LogP contribution in [0.4, 0.5) is 5.82 Å². The van der Waals surface area contributed by atoms with Crippen molar-refractivity contribution in [3.05, 3.63) is 47.8 Å². The third kappa shape index (κ3) is 1.62. The zero-order valence-corrected chi connectivity index (χ0v) is 10.4. The van der Waals surface area contributed by atoms with E-state index in [1.54, 1.807) is 10.7 Å². The van der Waals surface area contributed by atoms with Crippen LogP contribution in [-0.4, -0.2) is 14.6 Å². The van der Waals surface area contributed by atoms with Crippen molar-refractivity contribution in [3.8, 4) is 11.1 Å². The van der Waals surface area contributed by atoms with E-state index in [1.165, 1.54) is 5.56 Å². The highest BCUT2D eigenvalue weighted by atomic mass is 15.3. The zero-order chi connectivity index (χ0) is 12.7. The van der Waals surface area contributed by atoms with Gasteiger partial charge in [-0.25, -0.2) is 4.98 Å². The molecule has 0 saturated heterocycles. The molecule has 0 atom stereocenters. The molecule has 18 heavy (non-hydrogen) atoms. The van der Waals surface area contributed by atoms with Crippen LogP contribution in [0.3, 0.4) is 0 Å². The lowest BCUT2D eigenvalue weighted by Gasteiger charge is -2.07. The molecule has 0 saturated carbocycles. The van der Waals surface area contributed by atoms with Crippen LogP contribution < -0.4 is 5.73 Å². The third-order valence-electron chi connectivity index (χ3n) is 2.97. The number of benzene rings is 1. The highest BCUT2D eigenvalue weighted by Gasteiger charge is 2.09. The summed E-state index contributed by atoms with van der Waals surface area (Å²) in [6, 6.07) is 10.1. The minimum Gasteiger partial charge on any atom is -0.383 e. The SMILES string of the molecule is Cc1cccc(-c2cnc3cc(C)nn3c2N)c1. The van der Waals surface area contributed by atoms with Crippen molar-refractivity contribution < 1.29 is 0 Å². The molecule has 0 radical (unpaired) electrons. The van der Waals surface area contributed by atoms with E-state index in [2.05, 4.69) is 29.1 Å². The molecule has 0 bridgehead atoms. The van der Waals surface area contributed by atoms with Gasteiger partial charge in [0.2, 0.25) is 0 Å². The van der Waals surface area contributed by atoms with Crippen LogP contribution in [0.15, 0.2) is 36.5 Å². The maximum absolute atomic E-state index is 6.17. The molecule has 2 N–H and O–H groups in total. The second-order valence-corrected chi connectivity index (χ2v) is 4.48. The van der Waals surface area contributed by atoms with E-state index in [1.807, 2.05) is 25.1 Å². The fourth-order valence-corrected chi connectivity index (χ4v) is 2.10. The Morgan fingerprint density at radius 3 is 2.78 bits per heavy atom. The molecule has 3 rings (SSSR count). The fraction of sp³-hybridized carbons (Fsp3) is 0.143. The summed E-state index contributed by atoms with van der Waals surface area (Å²) in [6.07, 6.45) is 1.81. The molecule has 3 aromatic rings. The summed E-state index contributed by atoms with van der Waals surface area (Å²) in [5, 5.41) is 4.35. The van der Waals surface area contributed by atoms with Gasteiger partial charge in [0.05, 0.1) is 5.69 Å². The van der Waals surface area contributed by atoms with Crippen molar-refractivity contribution in [2.45, 2.75) is 13.8 Å². The lowest BCUT2D eigenvalue weighted by Crippen LogP contribution is -2.02. The predicted molar refractivity (Wildman–Crippen MR) is 72.3 cm³/mol. The fourth-order valence-electron chi connectivity index (χ4n) is 2.10. The van der Waals surface area contributed by atoms with E-state index < -0.39 is 0 Å². The monoisotopic (exact) mass is 238 g/mol. The van der Waals surface area contributed by atoms with Crippen LogP contribution in [0.2, 0.25) is 0 Å². The Morgan fingerprint density at radius 2 is 2.00 bits per heavy atom. The number of hydrogen-bond acceptors (Lipinski definition) is 3. The first-order chi connectivity index (χ1) is 8.65. The number of nitrogens with two attached hydrogens (primary N) is 1. The summed E-state index contributed by atoms with van der Waals surface area (Å²) >= 11 is 0. The van der Waals surface area contributed by atoms with E-state index >= 15 is 0 Å². The average Bonchev–Trinajstić information content (AvgIpc) is 2.71. The third-order valence-corrected chi connectivity index (χ3v) is 2.97. The molecule has 0 fully saturated rings. The Morgan fingerprint density at radius 1 is 1.17 bits per heavy atom. The second kappa shape index (κ2) is 3.84. The van der Waals surface area contributed by atoms with Crippen molar-refractivity contribution in [2.75, 3.05) is 5.73 Å². The number of rotatable bonds is 1. The standard InChI is InChI=1S/C14H14N4/c1-9-4-3-5-11(6-9)12-8-16-13-7-10(2)17-18(13)14(12)15/h3-8H,15H2,1-2H3. The Hall–Kier alpha value is -2.36. The summed E-state index contributed by atoms with van der Waals surface area (Å²) in [5.74, 6) is 0.624. The van der Waals surface area contributed by atoms with Crippen molar-refractivity contribution in [3.63, 3.8) is 0 Å². The van der Waals surface area contributed by atoms with Gasteiger partial charge < -0.3 is 5.73 Å². The first-order valence-electron chi connectivity index (χ1n) is 5.83. The van der Waals surface area contributed by atoms with Crippen molar-refractivity contribution >= 4 is 11.5 Å². The lowest BCUT2D eigenvalue weighted by molar-refractivity contribution is 0.930. The van der Waals surface area contributed by atoms with Gasteiger partial charge in [0, 0.05) is 17.8 Å². The van der Waals surface area contributed by atoms with Gasteiger partial charge in [0.15, 0.2) is 5.65 Å². The Kier molecular flexibility index (Phi) is 2.30. The molecule has 4 nitrogen and oxygen atoms in total. The minimum absolute atomic E-state index is 0.624.